The first kappa shape index (κ1) is 15.1. The van der Waals surface area contributed by atoms with E-state index >= 15 is 0 Å². The van der Waals surface area contributed by atoms with Crippen molar-refractivity contribution in [1.82, 2.24) is 4.90 Å². The zero-order chi connectivity index (χ0) is 15.3. The van der Waals surface area contributed by atoms with Crippen LogP contribution in [0, 0.1) is 17.3 Å². The second kappa shape index (κ2) is 4.64. The zero-order valence-corrected chi connectivity index (χ0v) is 13.0. The molecule has 0 spiro atoms. The van der Waals surface area contributed by atoms with Crippen LogP contribution in [0.3, 0.4) is 0 Å². The van der Waals surface area contributed by atoms with E-state index in [9.17, 15) is 14.7 Å². The summed E-state index contributed by atoms with van der Waals surface area (Å²) in [4.78, 5) is 25.3. The summed E-state index contributed by atoms with van der Waals surface area (Å²) in [6.07, 6.45) is 1.48. The van der Waals surface area contributed by atoms with Gasteiger partial charge >= 0.3 is 12.1 Å². The van der Waals surface area contributed by atoms with Crippen LogP contribution < -0.4 is 0 Å². The van der Waals surface area contributed by atoms with Crippen molar-refractivity contribution in [3.63, 3.8) is 0 Å². The highest BCUT2D eigenvalue weighted by atomic mass is 16.6. The lowest BCUT2D eigenvalue weighted by Crippen LogP contribution is -2.41. The molecule has 0 bridgehead atoms. The number of rotatable bonds is 2. The number of carboxylic acids is 1. The number of hydrogen-bond donors (Lipinski definition) is 1. The Balaban J connectivity index is 2.09. The lowest BCUT2D eigenvalue weighted by Gasteiger charge is -2.29. The molecule has 114 valence electrons. The maximum absolute atomic E-state index is 12.2. The first-order chi connectivity index (χ1) is 9.05. The number of likely N-dealkylation sites (tertiary alicyclic amines) is 1. The highest BCUT2D eigenvalue weighted by Gasteiger charge is 2.66. The quantitative estimate of drug-likeness (QED) is 0.846. The lowest BCUT2D eigenvalue weighted by atomic mass is 10.0. The molecule has 1 amide bonds. The minimum absolute atomic E-state index is 0.000880. The second-order valence-corrected chi connectivity index (χ2v) is 7.55. The number of aliphatic carboxylic acids is 1. The van der Waals surface area contributed by atoms with Crippen LogP contribution in [0.2, 0.25) is 0 Å². The van der Waals surface area contributed by atoms with Crippen molar-refractivity contribution in [2.45, 2.75) is 59.1 Å². The molecule has 1 saturated heterocycles. The molecular formula is C15H25NO4. The Morgan fingerprint density at radius 3 is 2.35 bits per heavy atom. The molecule has 1 saturated carbocycles. The van der Waals surface area contributed by atoms with Gasteiger partial charge in [-0.05, 0) is 44.9 Å². The molecule has 0 radical (unpaired) electrons. The molecule has 2 aliphatic rings. The Labute approximate surface area is 120 Å². The van der Waals surface area contributed by atoms with Crippen molar-refractivity contribution in [3.05, 3.63) is 0 Å². The van der Waals surface area contributed by atoms with Crippen LogP contribution >= 0.6 is 0 Å². The number of carbonyl (C=O) groups is 2. The maximum Gasteiger partial charge on any atom is 0.410 e. The van der Waals surface area contributed by atoms with Gasteiger partial charge in [0.25, 0.3) is 0 Å². The number of ether oxygens (including phenoxy) is 1. The van der Waals surface area contributed by atoms with Gasteiger partial charge in [-0.15, -0.1) is 0 Å². The largest absolute Gasteiger partial charge is 0.481 e. The third-order valence-corrected chi connectivity index (χ3v) is 4.52. The molecule has 0 aromatic heterocycles. The summed E-state index contributed by atoms with van der Waals surface area (Å²) in [5.74, 6) is -1.07. The molecule has 1 aliphatic heterocycles. The van der Waals surface area contributed by atoms with E-state index in [-0.39, 0.29) is 29.4 Å². The minimum Gasteiger partial charge on any atom is -0.481 e. The number of nitrogens with zero attached hydrogens (tertiary/aromatic N) is 1. The van der Waals surface area contributed by atoms with Gasteiger partial charge in [-0.3, -0.25) is 4.79 Å². The van der Waals surface area contributed by atoms with Crippen molar-refractivity contribution in [2.75, 3.05) is 6.54 Å². The molecular weight excluding hydrogens is 258 g/mol. The molecule has 5 heteroatoms. The van der Waals surface area contributed by atoms with Crippen LogP contribution in [0.1, 0.15) is 47.5 Å². The molecule has 1 heterocycles. The Hall–Kier alpha value is -1.26. The first-order valence-corrected chi connectivity index (χ1v) is 7.28. The van der Waals surface area contributed by atoms with Crippen molar-refractivity contribution in [1.29, 1.82) is 0 Å². The van der Waals surface area contributed by atoms with Gasteiger partial charge in [-0.2, -0.15) is 0 Å². The van der Waals surface area contributed by atoms with E-state index in [1.54, 1.807) is 4.90 Å². The zero-order valence-electron chi connectivity index (χ0n) is 13.0. The summed E-state index contributed by atoms with van der Waals surface area (Å²) < 4.78 is 5.43. The van der Waals surface area contributed by atoms with Gasteiger partial charge in [0, 0.05) is 12.6 Å². The van der Waals surface area contributed by atoms with Gasteiger partial charge < -0.3 is 14.7 Å². The number of carboxylic acid groups (broad SMARTS) is 1. The summed E-state index contributed by atoms with van der Waals surface area (Å²) in [6, 6.07) is 0.000880. The Morgan fingerprint density at radius 1 is 1.30 bits per heavy atom. The fourth-order valence-electron chi connectivity index (χ4n) is 3.58. The third kappa shape index (κ3) is 2.63. The topological polar surface area (TPSA) is 66.8 Å². The third-order valence-electron chi connectivity index (χ3n) is 4.52. The van der Waals surface area contributed by atoms with Crippen LogP contribution in [0.4, 0.5) is 4.79 Å². The molecule has 2 rings (SSSR count). The molecule has 5 nitrogen and oxygen atoms in total. The average molecular weight is 283 g/mol. The molecule has 0 aromatic carbocycles. The normalized spacial score (nSPS) is 32.0. The SMILES string of the molecule is CC(C)(C)OC(=O)N1CCCC1[C@@H]1[C@@H](C(=O)O)C1(C)C. The summed E-state index contributed by atoms with van der Waals surface area (Å²) in [5.41, 5.74) is -0.753. The Kier molecular flexibility index (Phi) is 3.51. The molecule has 1 N–H and O–H groups in total. The molecule has 3 atom stereocenters. The van der Waals surface area contributed by atoms with E-state index in [0.29, 0.717) is 6.54 Å². The van der Waals surface area contributed by atoms with Crippen molar-refractivity contribution in [3.8, 4) is 0 Å². The summed E-state index contributed by atoms with van der Waals surface area (Å²) in [5, 5.41) is 9.30. The highest BCUT2D eigenvalue weighted by molar-refractivity contribution is 5.76. The molecule has 1 unspecified atom stereocenters. The van der Waals surface area contributed by atoms with Crippen LogP contribution in [-0.2, 0) is 9.53 Å². The van der Waals surface area contributed by atoms with Crippen molar-refractivity contribution in [2.24, 2.45) is 17.3 Å². The Bertz CT molecular complexity index is 424. The van der Waals surface area contributed by atoms with Gasteiger partial charge in [-0.1, -0.05) is 13.8 Å². The van der Waals surface area contributed by atoms with Gasteiger partial charge in [0.1, 0.15) is 5.60 Å². The van der Waals surface area contributed by atoms with Crippen LogP contribution in [0.25, 0.3) is 0 Å². The fourth-order valence-corrected chi connectivity index (χ4v) is 3.58. The number of amides is 1. The summed E-state index contributed by atoms with van der Waals surface area (Å²) in [7, 11) is 0. The van der Waals surface area contributed by atoms with Crippen LogP contribution in [-0.4, -0.2) is 40.3 Å². The molecule has 20 heavy (non-hydrogen) atoms. The van der Waals surface area contributed by atoms with E-state index in [1.807, 2.05) is 34.6 Å². The van der Waals surface area contributed by atoms with E-state index in [4.69, 9.17) is 4.74 Å². The van der Waals surface area contributed by atoms with Gasteiger partial charge in [0.2, 0.25) is 0 Å². The molecule has 2 fully saturated rings. The van der Waals surface area contributed by atoms with E-state index in [1.165, 1.54) is 0 Å². The molecule has 0 aromatic rings. The first-order valence-electron chi connectivity index (χ1n) is 7.28. The lowest BCUT2D eigenvalue weighted by molar-refractivity contribution is -0.139. The average Bonchev–Trinajstić information content (AvgIpc) is 2.66. The Morgan fingerprint density at radius 2 is 1.90 bits per heavy atom. The predicted molar refractivity (Wildman–Crippen MR) is 74.4 cm³/mol. The summed E-state index contributed by atoms with van der Waals surface area (Å²) >= 11 is 0. The standard InChI is InChI=1S/C15H25NO4/c1-14(2,3)20-13(19)16-8-6-7-9(16)10-11(12(17)18)15(10,4)5/h9-11H,6-8H2,1-5H3,(H,17,18)/t9?,10-,11+/m1/s1. The maximum atomic E-state index is 12.2. The van der Waals surface area contributed by atoms with Gasteiger partial charge in [0.05, 0.1) is 5.92 Å². The number of hydrogen-bond acceptors (Lipinski definition) is 3. The fraction of sp³-hybridized carbons (Fsp3) is 0.867. The minimum atomic E-state index is -0.754. The van der Waals surface area contributed by atoms with Gasteiger partial charge in [0.15, 0.2) is 0 Å². The highest BCUT2D eigenvalue weighted by Crippen LogP contribution is 2.62. The van der Waals surface area contributed by atoms with E-state index < -0.39 is 11.6 Å². The van der Waals surface area contributed by atoms with Crippen molar-refractivity contribution >= 4 is 12.1 Å². The van der Waals surface area contributed by atoms with E-state index in [0.717, 1.165) is 12.8 Å². The monoisotopic (exact) mass is 283 g/mol. The van der Waals surface area contributed by atoms with E-state index in [2.05, 4.69) is 0 Å². The van der Waals surface area contributed by atoms with Gasteiger partial charge in [-0.25, -0.2) is 4.79 Å². The number of carbonyl (C=O) groups excluding carboxylic acids is 1. The van der Waals surface area contributed by atoms with Crippen LogP contribution in [0.15, 0.2) is 0 Å². The summed E-state index contributed by atoms with van der Waals surface area (Å²) in [6.45, 7) is 10.1. The smallest absolute Gasteiger partial charge is 0.410 e. The molecule has 1 aliphatic carbocycles. The van der Waals surface area contributed by atoms with Crippen LogP contribution in [0.5, 0.6) is 0 Å². The second-order valence-electron chi connectivity index (χ2n) is 7.55. The van der Waals surface area contributed by atoms with Crippen molar-refractivity contribution < 1.29 is 19.4 Å². The predicted octanol–water partition coefficient (Wildman–Crippen LogP) is 2.74.